The van der Waals surface area contributed by atoms with Gasteiger partial charge in [0.1, 0.15) is 22.6 Å². The largest absolute Gasteiger partial charge is 0.480 e. The molecule has 1 amide bonds. The van der Waals surface area contributed by atoms with E-state index in [0.717, 1.165) is 0 Å². The standard InChI is InChI=1S/C22H19Cl2NO7/c1-29-8-2-7-25-21(27)16-9-13-3-5-15(11-18(13)32-22(16)28)31-20(26)12-30-19-10-14(23)4-6-17(19)24/h3-6,9-11H,2,7-8,12H2,1H3,(H,25,27). The quantitative estimate of drug-likeness (QED) is 0.215. The molecule has 10 heteroatoms. The number of carbonyl (C=O) groups excluding carboxylic acids is 2. The summed E-state index contributed by atoms with van der Waals surface area (Å²) in [5.74, 6) is -0.851. The lowest BCUT2D eigenvalue weighted by molar-refractivity contribution is -0.136. The van der Waals surface area contributed by atoms with Crippen molar-refractivity contribution in [1.82, 2.24) is 5.32 Å². The molecule has 0 aliphatic carbocycles. The van der Waals surface area contributed by atoms with E-state index in [2.05, 4.69) is 5.32 Å². The van der Waals surface area contributed by atoms with Gasteiger partial charge < -0.3 is 23.9 Å². The second-order valence-corrected chi connectivity index (χ2v) is 7.43. The van der Waals surface area contributed by atoms with Crippen molar-refractivity contribution in [3.05, 3.63) is 68.5 Å². The number of fused-ring (bicyclic) bond motifs is 1. The topological polar surface area (TPSA) is 104 Å². The van der Waals surface area contributed by atoms with Gasteiger partial charge in [-0.1, -0.05) is 23.2 Å². The minimum absolute atomic E-state index is 0.119. The average Bonchev–Trinajstić information content (AvgIpc) is 2.76. The highest BCUT2D eigenvalue weighted by molar-refractivity contribution is 6.34. The first-order chi connectivity index (χ1) is 15.4. The Balaban J connectivity index is 1.66. The molecule has 1 aromatic heterocycles. The molecule has 0 atom stereocenters. The lowest BCUT2D eigenvalue weighted by Crippen LogP contribution is -2.29. The second kappa shape index (κ2) is 11.0. The van der Waals surface area contributed by atoms with E-state index >= 15 is 0 Å². The zero-order valence-corrected chi connectivity index (χ0v) is 18.5. The van der Waals surface area contributed by atoms with Gasteiger partial charge in [0, 0.05) is 42.8 Å². The van der Waals surface area contributed by atoms with Crippen LogP contribution in [0, 0.1) is 0 Å². The summed E-state index contributed by atoms with van der Waals surface area (Å²) in [5, 5.41) is 3.83. The van der Waals surface area contributed by atoms with Crippen LogP contribution in [0.3, 0.4) is 0 Å². The highest BCUT2D eigenvalue weighted by Crippen LogP contribution is 2.27. The molecule has 0 aliphatic heterocycles. The van der Waals surface area contributed by atoms with E-state index in [9.17, 15) is 14.4 Å². The third kappa shape index (κ3) is 6.23. The molecule has 1 heterocycles. The normalized spacial score (nSPS) is 10.7. The fourth-order valence-corrected chi connectivity index (χ4v) is 3.05. The third-order valence-corrected chi connectivity index (χ3v) is 4.78. The average molecular weight is 480 g/mol. The summed E-state index contributed by atoms with van der Waals surface area (Å²) in [7, 11) is 1.56. The predicted molar refractivity (Wildman–Crippen MR) is 119 cm³/mol. The van der Waals surface area contributed by atoms with Crippen LogP contribution in [0.5, 0.6) is 11.5 Å². The number of nitrogens with one attached hydrogen (secondary N) is 1. The number of rotatable bonds is 9. The summed E-state index contributed by atoms with van der Waals surface area (Å²) in [5.41, 5.74) is -0.759. The molecule has 0 saturated heterocycles. The molecule has 168 valence electrons. The van der Waals surface area contributed by atoms with Crippen LogP contribution in [0.1, 0.15) is 16.8 Å². The van der Waals surface area contributed by atoms with Crippen molar-refractivity contribution in [2.75, 3.05) is 26.9 Å². The number of carbonyl (C=O) groups is 2. The number of amides is 1. The molecule has 1 N–H and O–H groups in total. The first-order valence-corrected chi connectivity index (χ1v) is 10.3. The Labute approximate surface area is 193 Å². The van der Waals surface area contributed by atoms with E-state index in [-0.39, 0.29) is 22.6 Å². The van der Waals surface area contributed by atoms with E-state index in [1.807, 2.05) is 0 Å². The molecule has 0 radical (unpaired) electrons. The van der Waals surface area contributed by atoms with Crippen LogP contribution < -0.4 is 20.4 Å². The summed E-state index contributed by atoms with van der Waals surface area (Å²) in [6, 6.07) is 10.5. The van der Waals surface area contributed by atoms with Crippen LogP contribution in [0.2, 0.25) is 10.0 Å². The van der Waals surface area contributed by atoms with Crippen LogP contribution in [0.15, 0.2) is 51.7 Å². The van der Waals surface area contributed by atoms with Crippen molar-refractivity contribution in [3.63, 3.8) is 0 Å². The monoisotopic (exact) mass is 479 g/mol. The lowest BCUT2D eigenvalue weighted by atomic mass is 10.1. The molecular weight excluding hydrogens is 461 g/mol. The first kappa shape index (κ1) is 23.6. The maximum absolute atomic E-state index is 12.2. The molecule has 0 fully saturated rings. The summed E-state index contributed by atoms with van der Waals surface area (Å²) in [6.45, 7) is 0.441. The summed E-state index contributed by atoms with van der Waals surface area (Å²) < 4.78 is 20.7. The molecule has 32 heavy (non-hydrogen) atoms. The number of ether oxygens (including phenoxy) is 3. The second-order valence-electron chi connectivity index (χ2n) is 6.59. The van der Waals surface area contributed by atoms with Crippen LogP contribution >= 0.6 is 23.2 Å². The highest BCUT2D eigenvalue weighted by Gasteiger charge is 2.15. The zero-order valence-electron chi connectivity index (χ0n) is 17.0. The number of esters is 1. The number of methoxy groups -OCH3 is 1. The number of benzene rings is 2. The molecular formula is C22H19Cl2NO7. The van der Waals surface area contributed by atoms with Crippen molar-refractivity contribution in [3.8, 4) is 11.5 Å². The minimum atomic E-state index is -0.802. The molecule has 2 aromatic carbocycles. The van der Waals surface area contributed by atoms with Gasteiger partial charge in [0.25, 0.3) is 5.91 Å². The van der Waals surface area contributed by atoms with Gasteiger partial charge in [-0.05, 0) is 36.8 Å². The molecule has 0 saturated carbocycles. The fraction of sp³-hybridized carbons (Fsp3) is 0.227. The van der Waals surface area contributed by atoms with Crippen LogP contribution in [-0.4, -0.2) is 38.7 Å². The van der Waals surface area contributed by atoms with Crippen molar-refractivity contribution in [2.45, 2.75) is 6.42 Å². The Morgan fingerprint density at radius 3 is 2.69 bits per heavy atom. The molecule has 8 nitrogen and oxygen atoms in total. The number of hydrogen-bond acceptors (Lipinski definition) is 7. The van der Waals surface area contributed by atoms with Crippen LogP contribution in [0.4, 0.5) is 0 Å². The maximum Gasteiger partial charge on any atom is 0.349 e. The van der Waals surface area contributed by atoms with Crippen molar-refractivity contribution < 1.29 is 28.2 Å². The number of hydrogen-bond donors (Lipinski definition) is 1. The molecule has 3 rings (SSSR count). The van der Waals surface area contributed by atoms with Crippen LogP contribution in [0.25, 0.3) is 11.0 Å². The third-order valence-electron chi connectivity index (χ3n) is 4.23. The van der Waals surface area contributed by atoms with Crippen molar-refractivity contribution in [2.24, 2.45) is 0 Å². The SMILES string of the molecule is COCCCNC(=O)c1cc2ccc(OC(=O)COc3cc(Cl)ccc3Cl)cc2oc1=O. The van der Waals surface area contributed by atoms with Gasteiger partial charge in [0.15, 0.2) is 6.61 Å². The molecule has 0 spiro atoms. The molecule has 0 bridgehead atoms. The van der Waals surface area contributed by atoms with Gasteiger partial charge in [-0.25, -0.2) is 9.59 Å². The van der Waals surface area contributed by atoms with Crippen molar-refractivity contribution >= 4 is 46.0 Å². The zero-order chi connectivity index (χ0) is 23.1. The van der Waals surface area contributed by atoms with E-state index in [4.69, 9.17) is 41.8 Å². The summed E-state index contributed by atoms with van der Waals surface area (Å²) in [6.07, 6.45) is 0.614. The Morgan fingerprint density at radius 2 is 1.91 bits per heavy atom. The predicted octanol–water partition coefficient (Wildman–Crippen LogP) is 3.85. The Hall–Kier alpha value is -3.07. The minimum Gasteiger partial charge on any atom is -0.480 e. The number of halogens is 2. The Bertz CT molecular complexity index is 1190. The van der Waals surface area contributed by atoms with Gasteiger partial charge in [-0.2, -0.15) is 0 Å². The van der Waals surface area contributed by atoms with E-state index in [0.29, 0.717) is 35.0 Å². The van der Waals surface area contributed by atoms with Crippen LogP contribution in [-0.2, 0) is 9.53 Å². The lowest BCUT2D eigenvalue weighted by Gasteiger charge is -2.09. The summed E-state index contributed by atoms with van der Waals surface area (Å²) >= 11 is 11.9. The fourth-order valence-electron chi connectivity index (χ4n) is 2.71. The van der Waals surface area contributed by atoms with Gasteiger partial charge in [0.2, 0.25) is 0 Å². The highest BCUT2D eigenvalue weighted by atomic mass is 35.5. The maximum atomic E-state index is 12.2. The molecule has 0 aliphatic rings. The van der Waals surface area contributed by atoms with Gasteiger partial charge in [0.05, 0.1) is 5.02 Å². The Morgan fingerprint density at radius 1 is 1.09 bits per heavy atom. The summed E-state index contributed by atoms with van der Waals surface area (Å²) in [4.78, 5) is 36.5. The van der Waals surface area contributed by atoms with Gasteiger partial charge in [-0.15, -0.1) is 0 Å². The molecule has 3 aromatic rings. The Kier molecular flexibility index (Phi) is 8.10. The molecule has 0 unspecified atom stereocenters. The van der Waals surface area contributed by atoms with Gasteiger partial charge in [-0.3, -0.25) is 4.79 Å². The first-order valence-electron chi connectivity index (χ1n) is 9.51. The van der Waals surface area contributed by atoms with E-state index < -0.39 is 24.1 Å². The van der Waals surface area contributed by atoms with Gasteiger partial charge >= 0.3 is 11.6 Å². The van der Waals surface area contributed by atoms with E-state index in [1.165, 1.54) is 24.3 Å². The van der Waals surface area contributed by atoms with Crippen molar-refractivity contribution in [1.29, 1.82) is 0 Å². The smallest absolute Gasteiger partial charge is 0.349 e. The van der Waals surface area contributed by atoms with E-state index in [1.54, 1.807) is 25.3 Å².